The minimum atomic E-state index is -4.69. The predicted octanol–water partition coefficient (Wildman–Crippen LogP) is 3.91. The van der Waals surface area contributed by atoms with E-state index < -0.39 is 6.36 Å². The van der Waals surface area contributed by atoms with Crippen LogP contribution in [0.2, 0.25) is 0 Å². The molecule has 2 N–H and O–H groups in total. The molecule has 0 unspecified atom stereocenters. The standard InChI is InChI=1S/C20H21F3N4O/c21-20(22,23)28-16-9-7-14(8-10-16)12-27-18-6-2-1-5-17(18)25-19(27)26-11-3-4-15(24)13-26/h1-2,5-10,15H,3-4,11-13,24H2/t15-/m1/s1. The first-order chi connectivity index (χ1) is 13.4. The van der Waals surface area contributed by atoms with Gasteiger partial charge in [0.05, 0.1) is 17.6 Å². The quantitative estimate of drug-likeness (QED) is 0.734. The highest BCUT2D eigenvalue weighted by atomic mass is 19.4. The van der Waals surface area contributed by atoms with Crippen LogP contribution in [0.15, 0.2) is 48.5 Å². The van der Waals surface area contributed by atoms with E-state index in [1.807, 2.05) is 24.3 Å². The number of para-hydroxylation sites is 2. The number of benzene rings is 2. The summed E-state index contributed by atoms with van der Waals surface area (Å²) in [5.74, 6) is 0.612. The van der Waals surface area contributed by atoms with E-state index in [1.54, 1.807) is 12.1 Å². The first kappa shape index (κ1) is 18.6. The fourth-order valence-corrected chi connectivity index (χ4v) is 3.63. The van der Waals surface area contributed by atoms with E-state index in [4.69, 9.17) is 10.7 Å². The molecule has 0 bridgehead atoms. The molecule has 0 radical (unpaired) electrons. The van der Waals surface area contributed by atoms with Crippen molar-refractivity contribution in [3.63, 3.8) is 0 Å². The number of rotatable bonds is 4. The normalized spacial score (nSPS) is 17.9. The number of nitrogens with two attached hydrogens (primary N) is 1. The molecule has 2 aromatic carbocycles. The molecule has 0 saturated carbocycles. The number of fused-ring (bicyclic) bond motifs is 1. The monoisotopic (exact) mass is 390 g/mol. The average Bonchev–Trinajstić information content (AvgIpc) is 3.01. The number of nitrogens with zero attached hydrogens (tertiary/aromatic N) is 3. The summed E-state index contributed by atoms with van der Waals surface area (Å²) in [5, 5.41) is 0. The van der Waals surface area contributed by atoms with Crippen molar-refractivity contribution in [1.29, 1.82) is 0 Å². The number of aromatic nitrogens is 2. The van der Waals surface area contributed by atoms with Gasteiger partial charge in [-0.15, -0.1) is 13.2 Å². The van der Waals surface area contributed by atoms with E-state index in [-0.39, 0.29) is 11.8 Å². The average molecular weight is 390 g/mol. The van der Waals surface area contributed by atoms with E-state index in [0.717, 1.165) is 48.5 Å². The van der Waals surface area contributed by atoms with Gasteiger partial charge in [0, 0.05) is 19.1 Å². The van der Waals surface area contributed by atoms with Gasteiger partial charge >= 0.3 is 6.36 Å². The molecular weight excluding hydrogens is 369 g/mol. The van der Waals surface area contributed by atoms with E-state index in [0.29, 0.717) is 6.54 Å². The Morgan fingerprint density at radius 2 is 1.86 bits per heavy atom. The van der Waals surface area contributed by atoms with E-state index in [1.165, 1.54) is 12.1 Å². The number of ether oxygens (including phenoxy) is 1. The molecule has 0 amide bonds. The van der Waals surface area contributed by atoms with Crippen molar-refractivity contribution in [2.75, 3.05) is 18.0 Å². The summed E-state index contributed by atoms with van der Waals surface area (Å²) >= 11 is 0. The van der Waals surface area contributed by atoms with Crippen LogP contribution in [-0.4, -0.2) is 35.0 Å². The Balaban J connectivity index is 1.65. The van der Waals surface area contributed by atoms with Gasteiger partial charge in [0.25, 0.3) is 0 Å². The van der Waals surface area contributed by atoms with Gasteiger partial charge in [0.15, 0.2) is 0 Å². The molecule has 1 fully saturated rings. The number of hydrogen-bond acceptors (Lipinski definition) is 4. The molecule has 5 nitrogen and oxygen atoms in total. The van der Waals surface area contributed by atoms with Crippen LogP contribution in [0.5, 0.6) is 5.75 Å². The summed E-state index contributed by atoms with van der Waals surface area (Å²) < 4.78 is 43.1. The summed E-state index contributed by atoms with van der Waals surface area (Å²) in [6.45, 7) is 2.12. The van der Waals surface area contributed by atoms with Crippen LogP contribution in [0.4, 0.5) is 19.1 Å². The molecule has 3 aromatic rings. The zero-order valence-electron chi connectivity index (χ0n) is 15.2. The molecule has 28 heavy (non-hydrogen) atoms. The Hall–Kier alpha value is -2.74. The van der Waals surface area contributed by atoms with Gasteiger partial charge in [-0.2, -0.15) is 0 Å². The maximum atomic E-state index is 12.4. The lowest BCUT2D eigenvalue weighted by Gasteiger charge is -2.32. The Morgan fingerprint density at radius 3 is 2.57 bits per heavy atom. The number of imidazole rings is 1. The smallest absolute Gasteiger partial charge is 0.406 e. The summed E-state index contributed by atoms with van der Waals surface area (Å²) in [7, 11) is 0. The zero-order valence-corrected chi connectivity index (χ0v) is 15.2. The Morgan fingerprint density at radius 1 is 1.11 bits per heavy atom. The summed E-state index contributed by atoms with van der Waals surface area (Å²) in [4.78, 5) is 6.98. The molecule has 0 spiro atoms. The third-order valence-electron chi connectivity index (χ3n) is 4.87. The Kier molecular flexibility index (Phi) is 4.89. The van der Waals surface area contributed by atoms with Gasteiger partial charge < -0.3 is 19.9 Å². The molecule has 1 saturated heterocycles. The molecule has 148 valence electrons. The minimum Gasteiger partial charge on any atom is -0.406 e. The SMILES string of the molecule is N[C@@H]1CCCN(c2nc3ccccc3n2Cc2ccc(OC(F)(F)F)cc2)C1. The molecule has 1 aliphatic rings. The highest BCUT2D eigenvalue weighted by Crippen LogP contribution is 2.27. The number of halogens is 3. The molecule has 1 aliphatic heterocycles. The molecule has 4 rings (SSSR count). The number of alkyl halides is 3. The maximum absolute atomic E-state index is 12.4. The van der Waals surface area contributed by atoms with Crippen LogP contribution in [-0.2, 0) is 6.54 Å². The second-order valence-electron chi connectivity index (χ2n) is 7.03. The second kappa shape index (κ2) is 7.35. The topological polar surface area (TPSA) is 56.3 Å². The van der Waals surface area contributed by atoms with Crippen LogP contribution in [0.25, 0.3) is 11.0 Å². The van der Waals surface area contributed by atoms with Crippen molar-refractivity contribution < 1.29 is 17.9 Å². The number of hydrogen-bond donors (Lipinski definition) is 1. The predicted molar refractivity (Wildman–Crippen MR) is 101 cm³/mol. The first-order valence-electron chi connectivity index (χ1n) is 9.19. The number of anilines is 1. The third kappa shape index (κ3) is 4.06. The number of piperidine rings is 1. The van der Waals surface area contributed by atoms with Gasteiger partial charge in [-0.25, -0.2) is 4.98 Å². The van der Waals surface area contributed by atoms with Gasteiger partial charge in [-0.1, -0.05) is 24.3 Å². The van der Waals surface area contributed by atoms with Crippen LogP contribution in [0.1, 0.15) is 18.4 Å². The van der Waals surface area contributed by atoms with Gasteiger partial charge in [-0.3, -0.25) is 0 Å². The van der Waals surface area contributed by atoms with E-state index >= 15 is 0 Å². The fourth-order valence-electron chi connectivity index (χ4n) is 3.63. The van der Waals surface area contributed by atoms with Gasteiger partial charge in [0.1, 0.15) is 5.75 Å². The lowest BCUT2D eigenvalue weighted by Crippen LogP contribution is -2.44. The van der Waals surface area contributed by atoms with Crippen molar-refractivity contribution in [3.8, 4) is 5.75 Å². The van der Waals surface area contributed by atoms with Crippen molar-refractivity contribution in [3.05, 3.63) is 54.1 Å². The van der Waals surface area contributed by atoms with Crippen LogP contribution in [0, 0.1) is 0 Å². The van der Waals surface area contributed by atoms with Gasteiger partial charge in [-0.05, 0) is 42.7 Å². The van der Waals surface area contributed by atoms with E-state index in [2.05, 4.69) is 14.2 Å². The van der Waals surface area contributed by atoms with Crippen molar-refractivity contribution in [1.82, 2.24) is 9.55 Å². The maximum Gasteiger partial charge on any atom is 0.573 e. The highest BCUT2D eigenvalue weighted by molar-refractivity contribution is 5.79. The summed E-state index contributed by atoms with van der Waals surface area (Å²) in [6, 6.07) is 13.9. The second-order valence-corrected chi connectivity index (χ2v) is 7.03. The zero-order chi connectivity index (χ0) is 19.7. The molecule has 1 atom stereocenters. The third-order valence-corrected chi connectivity index (χ3v) is 4.87. The minimum absolute atomic E-state index is 0.112. The fraction of sp³-hybridized carbons (Fsp3) is 0.350. The lowest BCUT2D eigenvalue weighted by atomic mass is 10.1. The first-order valence-corrected chi connectivity index (χ1v) is 9.19. The summed E-state index contributed by atoms with van der Waals surface area (Å²) in [5.41, 5.74) is 8.87. The van der Waals surface area contributed by atoms with Crippen LogP contribution in [0.3, 0.4) is 0 Å². The van der Waals surface area contributed by atoms with Crippen molar-refractivity contribution in [2.24, 2.45) is 5.73 Å². The molecule has 8 heteroatoms. The van der Waals surface area contributed by atoms with Crippen LogP contribution >= 0.6 is 0 Å². The molecular formula is C20H21F3N4O. The molecule has 1 aromatic heterocycles. The van der Waals surface area contributed by atoms with Crippen molar-refractivity contribution >= 4 is 17.0 Å². The Bertz CT molecular complexity index is 952. The largest absolute Gasteiger partial charge is 0.573 e. The molecule has 2 heterocycles. The summed E-state index contributed by atoms with van der Waals surface area (Å²) in [6.07, 6.45) is -2.69. The van der Waals surface area contributed by atoms with Crippen LogP contribution < -0.4 is 15.4 Å². The highest BCUT2D eigenvalue weighted by Gasteiger charge is 2.31. The Labute approximate surface area is 160 Å². The molecule has 0 aliphatic carbocycles. The van der Waals surface area contributed by atoms with E-state index in [9.17, 15) is 13.2 Å². The van der Waals surface area contributed by atoms with Crippen molar-refractivity contribution in [2.45, 2.75) is 31.8 Å². The lowest BCUT2D eigenvalue weighted by molar-refractivity contribution is -0.274. The van der Waals surface area contributed by atoms with Gasteiger partial charge in [0.2, 0.25) is 5.95 Å².